The molecule has 2 rings (SSSR count). The predicted octanol–water partition coefficient (Wildman–Crippen LogP) is 1.73. The van der Waals surface area contributed by atoms with Crippen LogP contribution in [0.1, 0.15) is 17.0 Å². The number of para-hydroxylation sites is 1. The number of aromatic nitrogens is 2. The molecule has 5 nitrogen and oxygen atoms in total. The van der Waals surface area contributed by atoms with Gasteiger partial charge in [-0.15, -0.1) is 0 Å². The highest BCUT2D eigenvalue weighted by Crippen LogP contribution is 2.26. The summed E-state index contributed by atoms with van der Waals surface area (Å²) >= 11 is 6.13. The molecule has 2 aromatic rings. The van der Waals surface area contributed by atoms with E-state index in [4.69, 9.17) is 27.9 Å². The second kappa shape index (κ2) is 4.89. The lowest BCUT2D eigenvalue weighted by Crippen LogP contribution is -2.06. The maximum atomic E-state index is 9.10. The van der Waals surface area contributed by atoms with Crippen LogP contribution in [0.4, 0.5) is 0 Å². The molecule has 0 unspecified atom stereocenters. The molecule has 6 heteroatoms. The van der Waals surface area contributed by atoms with Gasteiger partial charge in [0.05, 0.1) is 10.7 Å². The monoisotopic (exact) mass is 257 g/mol. The van der Waals surface area contributed by atoms with Gasteiger partial charge in [-0.3, -0.25) is 4.57 Å². The van der Waals surface area contributed by atoms with Gasteiger partial charge in [0.2, 0.25) is 0 Å². The van der Waals surface area contributed by atoms with E-state index in [-0.39, 0.29) is 17.9 Å². The number of nitrogens with two attached hydrogens (primary N) is 1. The number of rotatable bonds is 2. The molecular weight excluding hydrogens is 250 g/mol. The first-order chi connectivity index (χ1) is 8.72. The van der Waals surface area contributed by atoms with Crippen LogP contribution in [-0.2, 0) is 6.54 Å². The molecular formula is C12H8ClN5. The number of nitrogens with zero attached hydrogens (tertiary/aromatic N) is 4. The number of halogens is 1. The van der Waals surface area contributed by atoms with Crippen LogP contribution in [0.3, 0.4) is 0 Å². The van der Waals surface area contributed by atoms with E-state index in [1.54, 1.807) is 12.1 Å². The standard InChI is InChI=1S/C12H8ClN5/c13-9-3-1-2-8(4-14)12(9)18-7-17-10(5-15)11(18)6-16/h1-3,7H,4,14H2. The number of benzene rings is 1. The third-order valence-electron chi connectivity index (χ3n) is 2.51. The van der Waals surface area contributed by atoms with Gasteiger partial charge >= 0.3 is 0 Å². The van der Waals surface area contributed by atoms with Gasteiger partial charge in [0.25, 0.3) is 0 Å². The molecule has 0 bridgehead atoms. The highest BCUT2D eigenvalue weighted by Gasteiger charge is 2.16. The van der Waals surface area contributed by atoms with E-state index in [0.717, 1.165) is 5.56 Å². The van der Waals surface area contributed by atoms with Gasteiger partial charge < -0.3 is 5.73 Å². The molecule has 0 aliphatic rings. The van der Waals surface area contributed by atoms with Crippen molar-refractivity contribution >= 4 is 11.6 Å². The summed E-state index contributed by atoms with van der Waals surface area (Å²) in [5, 5.41) is 18.4. The zero-order valence-corrected chi connectivity index (χ0v) is 10.0. The molecule has 1 aromatic carbocycles. The Morgan fingerprint density at radius 3 is 2.72 bits per heavy atom. The van der Waals surface area contributed by atoms with Gasteiger partial charge in [-0.1, -0.05) is 23.7 Å². The molecule has 0 spiro atoms. The second-order valence-corrected chi connectivity index (χ2v) is 3.89. The lowest BCUT2D eigenvalue weighted by molar-refractivity contribution is 0.971. The Bertz CT molecular complexity index is 675. The highest BCUT2D eigenvalue weighted by molar-refractivity contribution is 6.32. The maximum Gasteiger partial charge on any atom is 0.177 e. The van der Waals surface area contributed by atoms with Crippen molar-refractivity contribution in [1.82, 2.24) is 9.55 Å². The number of hydrogen-bond donors (Lipinski definition) is 1. The van der Waals surface area contributed by atoms with Crippen molar-refractivity contribution in [3.63, 3.8) is 0 Å². The maximum absolute atomic E-state index is 9.10. The van der Waals surface area contributed by atoms with Crippen molar-refractivity contribution in [2.45, 2.75) is 6.54 Å². The minimum Gasteiger partial charge on any atom is -0.326 e. The molecule has 1 aromatic heterocycles. The quantitative estimate of drug-likeness (QED) is 0.887. The molecule has 2 N–H and O–H groups in total. The van der Waals surface area contributed by atoms with Crippen molar-refractivity contribution in [2.75, 3.05) is 0 Å². The largest absolute Gasteiger partial charge is 0.326 e. The molecule has 0 amide bonds. The van der Waals surface area contributed by atoms with Crippen LogP contribution in [0, 0.1) is 22.7 Å². The van der Waals surface area contributed by atoms with Gasteiger partial charge in [-0.2, -0.15) is 10.5 Å². The fraction of sp³-hybridized carbons (Fsp3) is 0.0833. The van der Waals surface area contributed by atoms with Crippen LogP contribution in [0.5, 0.6) is 0 Å². The van der Waals surface area contributed by atoms with Crippen molar-refractivity contribution in [3.8, 4) is 17.8 Å². The zero-order valence-electron chi connectivity index (χ0n) is 9.26. The molecule has 88 valence electrons. The Morgan fingerprint density at radius 2 is 2.11 bits per heavy atom. The molecule has 0 aliphatic carbocycles. The normalized spacial score (nSPS) is 9.78. The van der Waals surface area contributed by atoms with Crippen LogP contribution in [0.15, 0.2) is 24.5 Å². The van der Waals surface area contributed by atoms with Crippen molar-refractivity contribution < 1.29 is 0 Å². The predicted molar refractivity (Wildman–Crippen MR) is 65.9 cm³/mol. The topological polar surface area (TPSA) is 91.4 Å². The lowest BCUT2D eigenvalue weighted by Gasteiger charge is -2.11. The molecule has 0 atom stereocenters. The third kappa shape index (κ3) is 1.82. The first-order valence-electron chi connectivity index (χ1n) is 5.08. The summed E-state index contributed by atoms with van der Waals surface area (Å²) in [4.78, 5) is 3.88. The third-order valence-corrected chi connectivity index (χ3v) is 2.82. The average Bonchev–Trinajstić information content (AvgIpc) is 2.80. The summed E-state index contributed by atoms with van der Waals surface area (Å²) in [6, 6.07) is 9.11. The van der Waals surface area contributed by atoms with Crippen molar-refractivity contribution in [1.29, 1.82) is 10.5 Å². The molecule has 0 saturated carbocycles. The highest BCUT2D eigenvalue weighted by atomic mass is 35.5. The summed E-state index contributed by atoms with van der Waals surface area (Å²) in [6.45, 7) is 0.279. The molecule has 0 radical (unpaired) electrons. The fourth-order valence-electron chi connectivity index (χ4n) is 1.70. The Labute approximate surface area is 109 Å². The van der Waals surface area contributed by atoms with Gasteiger partial charge in [-0.05, 0) is 11.6 Å². The summed E-state index contributed by atoms with van der Waals surface area (Å²) < 4.78 is 1.49. The van der Waals surface area contributed by atoms with E-state index >= 15 is 0 Å². The van der Waals surface area contributed by atoms with E-state index in [2.05, 4.69) is 4.98 Å². The minimum absolute atomic E-state index is 0.0698. The fourth-order valence-corrected chi connectivity index (χ4v) is 1.99. The number of imidazole rings is 1. The van der Waals surface area contributed by atoms with Crippen LogP contribution in [0.25, 0.3) is 5.69 Å². The van der Waals surface area contributed by atoms with Crippen LogP contribution < -0.4 is 5.73 Å². The Hall–Kier alpha value is -2.34. The van der Waals surface area contributed by atoms with Gasteiger partial charge in [0, 0.05) is 6.54 Å². The molecule has 0 fully saturated rings. The number of nitriles is 2. The van der Waals surface area contributed by atoms with Gasteiger partial charge in [0.15, 0.2) is 11.4 Å². The molecule has 0 saturated heterocycles. The summed E-state index contributed by atoms with van der Waals surface area (Å²) in [5.74, 6) is 0. The Balaban J connectivity index is 2.75. The van der Waals surface area contributed by atoms with E-state index in [9.17, 15) is 0 Å². The Morgan fingerprint density at radius 1 is 1.33 bits per heavy atom. The van der Waals surface area contributed by atoms with E-state index in [0.29, 0.717) is 10.7 Å². The van der Waals surface area contributed by atoms with E-state index in [1.807, 2.05) is 18.2 Å². The summed E-state index contributed by atoms with van der Waals surface area (Å²) in [5.41, 5.74) is 7.24. The smallest absolute Gasteiger partial charge is 0.177 e. The number of hydrogen-bond acceptors (Lipinski definition) is 4. The van der Waals surface area contributed by atoms with Crippen LogP contribution in [0.2, 0.25) is 5.02 Å². The van der Waals surface area contributed by atoms with Crippen LogP contribution in [-0.4, -0.2) is 9.55 Å². The minimum atomic E-state index is 0.0698. The Kier molecular flexibility index (Phi) is 3.29. The first-order valence-corrected chi connectivity index (χ1v) is 5.46. The molecule has 0 aliphatic heterocycles. The van der Waals surface area contributed by atoms with E-state index in [1.165, 1.54) is 10.9 Å². The summed E-state index contributed by atoms with van der Waals surface area (Å²) in [6.07, 6.45) is 1.40. The van der Waals surface area contributed by atoms with E-state index < -0.39 is 0 Å². The van der Waals surface area contributed by atoms with Crippen molar-refractivity contribution in [2.24, 2.45) is 5.73 Å². The lowest BCUT2D eigenvalue weighted by atomic mass is 10.1. The molecule has 18 heavy (non-hydrogen) atoms. The first kappa shape index (κ1) is 12.1. The second-order valence-electron chi connectivity index (χ2n) is 3.49. The van der Waals surface area contributed by atoms with Crippen LogP contribution >= 0.6 is 11.6 Å². The SMILES string of the molecule is N#Cc1ncn(-c2c(Cl)cccc2CN)c1C#N. The average molecular weight is 258 g/mol. The van der Waals surface area contributed by atoms with Gasteiger partial charge in [0.1, 0.15) is 18.5 Å². The molecule has 1 heterocycles. The van der Waals surface area contributed by atoms with Crippen molar-refractivity contribution in [3.05, 3.63) is 46.5 Å². The zero-order chi connectivity index (χ0) is 13.1. The summed E-state index contributed by atoms with van der Waals surface area (Å²) in [7, 11) is 0. The van der Waals surface area contributed by atoms with Gasteiger partial charge in [-0.25, -0.2) is 4.98 Å².